The maximum atomic E-state index is 14.1. The summed E-state index contributed by atoms with van der Waals surface area (Å²) in [6.45, 7) is 1.55. The van der Waals surface area contributed by atoms with Crippen molar-refractivity contribution in [2.45, 2.75) is 13.0 Å². The van der Waals surface area contributed by atoms with Gasteiger partial charge < -0.3 is 5.32 Å². The van der Waals surface area contributed by atoms with Crippen molar-refractivity contribution in [2.24, 2.45) is 5.10 Å². The van der Waals surface area contributed by atoms with Crippen LogP contribution in [-0.2, 0) is 4.79 Å². The molecule has 0 spiro atoms. The summed E-state index contributed by atoms with van der Waals surface area (Å²) in [6.07, 6.45) is 0. The third-order valence-electron chi connectivity index (χ3n) is 5.17. The van der Waals surface area contributed by atoms with Crippen molar-refractivity contribution in [1.82, 2.24) is 20.9 Å². The zero-order chi connectivity index (χ0) is 24.1. The van der Waals surface area contributed by atoms with Gasteiger partial charge in [0.25, 0.3) is 17.4 Å². The Morgan fingerprint density at radius 1 is 0.941 bits per heavy atom. The Balaban J connectivity index is 1.71. The van der Waals surface area contributed by atoms with Gasteiger partial charge in [-0.05, 0) is 31.2 Å². The molecule has 0 bridgehead atoms. The van der Waals surface area contributed by atoms with E-state index in [4.69, 9.17) is 0 Å². The van der Waals surface area contributed by atoms with Gasteiger partial charge in [-0.1, -0.05) is 54.6 Å². The highest BCUT2D eigenvalue weighted by Crippen LogP contribution is 2.20. The second-order valence-electron chi connectivity index (χ2n) is 7.41. The largest absolute Gasteiger partial charge is 0.335 e. The number of nitrogens with one attached hydrogen (secondary N) is 3. The van der Waals surface area contributed by atoms with E-state index >= 15 is 0 Å². The topological polar surface area (TPSA) is 116 Å². The quantitative estimate of drug-likeness (QED) is 0.305. The lowest BCUT2D eigenvalue weighted by Gasteiger charge is -2.18. The number of H-pyrrole nitrogens is 1. The van der Waals surface area contributed by atoms with E-state index in [2.05, 4.69) is 26.0 Å². The van der Waals surface area contributed by atoms with E-state index in [1.54, 1.807) is 73.7 Å². The van der Waals surface area contributed by atoms with Crippen LogP contribution in [0.1, 0.15) is 34.6 Å². The molecular formula is C25H20FN5O3. The van der Waals surface area contributed by atoms with Gasteiger partial charge in [-0.25, -0.2) is 14.9 Å². The van der Waals surface area contributed by atoms with E-state index in [1.807, 2.05) is 0 Å². The number of rotatable bonds is 6. The molecule has 1 aromatic heterocycles. The number of carbonyl (C=O) groups excluding carboxylic acids is 2. The number of nitrogens with zero attached hydrogens (tertiary/aromatic N) is 2. The van der Waals surface area contributed by atoms with E-state index < -0.39 is 29.2 Å². The van der Waals surface area contributed by atoms with Gasteiger partial charge in [-0.2, -0.15) is 10.2 Å². The average Bonchev–Trinajstić information content (AvgIpc) is 2.87. The van der Waals surface area contributed by atoms with Gasteiger partial charge in [-0.3, -0.25) is 14.4 Å². The Kier molecular flexibility index (Phi) is 6.54. The lowest BCUT2D eigenvalue weighted by atomic mass is 10.0. The second-order valence-corrected chi connectivity index (χ2v) is 7.41. The van der Waals surface area contributed by atoms with Gasteiger partial charge in [0.1, 0.15) is 11.5 Å². The molecule has 0 aliphatic heterocycles. The monoisotopic (exact) mass is 457 g/mol. The number of halogens is 1. The van der Waals surface area contributed by atoms with Gasteiger partial charge in [0.15, 0.2) is 6.04 Å². The molecule has 0 fully saturated rings. The van der Waals surface area contributed by atoms with E-state index in [1.165, 1.54) is 12.1 Å². The van der Waals surface area contributed by atoms with Crippen LogP contribution in [0.3, 0.4) is 0 Å². The normalized spacial score (nSPS) is 12.2. The molecule has 0 aliphatic rings. The van der Waals surface area contributed by atoms with Gasteiger partial charge in [-0.15, -0.1) is 0 Å². The summed E-state index contributed by atoms with van der Waals surface area (Å²) in [7, 11) is 0. The second kappa shape index (κ2) is 9.86. The minimum absolute atomic E-state index is 0.135. The van der Waals surface area contributed by atoms with Crippen LogP contribution in [0.5, 0.6) is 0 Å². The summed E-state index contributed by atoms with van der Waals surface area (Å²) >= 11 is 0. The number of fused-ring (bicyclic) bond motifs is 1. The maximum Gasteiger partial charge on any atom is 0.272 e. The highest BCUT2D eigenvalue weighted by molar-refractivity contribution is 6.01. The molecule has 8 nitrogen and oxygen atoms in total. The zero-order valence-corrected chi connectivity index (χ0v) is 18.1. The average molecular weight is 457 g/mol. The van der Waals surface area contributed by atoms with Crippen molar-refractivity contribution in [2.75, 3.05) is 0 Å². The third kappa shape index (κ3) is 4.73. The van der Waals surface area contributed by atoms with Crippen LogP contribution < -0.4 is 16.3 Å². The van der Waals surface area contributed by atoms with E-state index in [0.29, 0.717) is 16.3 Å². The predicted octanol–water partition coefficient (Wildman–Crippen LogP) is 3.07. The molecule has 1 heterocycles. The Bertz CT molecular complexity index is 1450. The first kappa shape index (κ1) is 22.5. The molecule has 1 atom stereocenters. The standard InChI is InChI=1S/C25H20FN5O3/c1-15(17-11-7-8-14-20(17)26)28-31-25(34)22(27-23(32)16-9-3-2-4-10-16)21-18-12-5-6-13-19(18)24(33)30-29-21/h2-14,22H,1H3,(H,27,32)(H,30,33)(H,31,34). The molecule has 170 valence electrons. The Morgan fingerprint density at radius 3 is 2.32 bits per heavy atom. The van der Waals surface area contributed by atoms with Crippen molar-refractivity contribution in [3.8, 4) is 0 Å². The number of aromatic amines is 1. The van der Waals surface area contributed by atoms with Crippen molar-refractivity contribution in [3.05, 3.63) is 112 Å². The third-order valence-corrected chi connectivity index (χ3v) is 5.17. The van der Waals surface area contributed by atoms with Crippen LogP contribution in [0.25, 0.3) is 10.8 Å². The Hall–Kier alpha value is -4.66. The van der Waals surface area contributed by atoms with Gasteiger partial charge >= 0.3 is 0 Å². The van der Waals surface area contributed by atoms with Crippen molar-refractivity contribution in [1.29, 1.82) is 0 Å². The molecular weight excluding hydrogens is 437 g/mol. The number of hydrogen-bond donors (Lipinski definition) is 3. The lowest BCUT2D eigenvalue weighted by Crippen LogP contribution is -2.40. The maximum absolute atomic E-state index is 14.1. The van der Waals surface area contributed by atoms with E-state index in [9.17, 15) is 18.8 Å². The first-order chi connectivity index (χ1) is 16.5. The number of hydrogen-bond acceptors (Lipinski definition) is 5. The number of hydrazone groups is 1. The zero-order valence-electron chi connectivity index (χ0n) is 18.1. The van der Waals surface area contributed by atoms with Crippen LogP contribution in [0, 0.1) is 5.82 Å². The van der Waals surface area contributed by atoms with E-state index in [-0.39, 0.29) is 17.0 Å². The molecule has 1 unspecified atom stereocenters. The van der Waals surface area contributed by atoms with Crippen LogP contribution >= 0.6 is 0 Å². The highest BCUT2D eigenvalue weighted by atomic mass is 19.1. The van der Waals surface area contributed by atoms with Gasteiger partial charge in [0.05, 0.1) is 11.1 Å². The highest BCUT2D eigenvalue weighted by Gasteiger charge is 2.27. The SMILES string of the molecule is CC(=NNC(=O)C(NC(=O)c1ccccc1)c1n[nH]c(=O)c2ccccc12)c1ccccc1F. The van der Waals surface area contributed by atoms with Crippen LogP contribution in [0.15, 0.2) is 88.8 Å². The fourth-order valence-electron chi connectivity index (χ4n) is 3.44. The summed E-state index contributed by atoms with van der Waals surface area (Å²) in [6, 6.07) is 19.7. The van der Waals surface area contributed by atoms with E-state index in [0.717, 1.165) is 0 Å². The molecule has 2 amide bonds. The van der Waals surface area contributed by atoms with Crippen molar-refractivity contribution < 1.29 is 14.0 Å². The number of carbonyl (C=O) groups is 2. The molecule has 9 heteroatoms. The van der Waals surface area contributed by atoms with Gasteiger partial charge in [0.2, 0.25) is 0 Å². The van der Waals surface area contributed by atoms with Crippen molar-refractivity contribution >= 4 is 28.3 Å². The fraction of sp³-hybridized carbons (Fsp3) is 0.0800. The minimum atomic E-state index is -1.30. The van der Waals surface area contributed by atoms with Crippen LogP contribution in [-0.4, -0.2) is 27.7 Å². The summed E-state index contributed by atoms with van der Waals surface area (Å²) in [4.78, 5) is 38.3. The Labute approximate surface area is 193 Å². The molecule has 4 aromatic rings. The van der Waals surface area contributed by atoms with Crippen LogP contribution in [0.2, 0.25) is 0 Å². The molecule has 0 saturated heterocycles. The smallest absolute Gasteiger partial charge is 0.272 e. The summed E-state index contributed by atoms with van der Waals surface area (Å²) in [5, 5.41) is 13.8. The van der Waals surface area contributed by atoms with Crippen molar-refractivity contribution in [3.63, 3.8) is 0 Å². The fourth-order valence-corrected chi connectivity index (χ4v) is 3.44. The molecule has 3 aromatic carbocycles. The molecule has 3 N–H and O–H groups in total. The molecule has 0 aliphatic carbocycles. The number of aromatic nitrogens is 2. The molecule has 0 saturated carbocycles. The number of benzene rings is 3. The first-order valence-corrected chi connectivity index (χ1v) is 10.4. The van der Waals surface area contributed by atoms with Crippen LogP contribution in [0.4, 0.5) is 4.39 Å². The minimum Gasteiger partial charge on any atom is -0.335 e. The Morgan fingerprint density at radius 2 is 1.59 bits per heavy atom. The molecule has 4 rings (SSSR count). The summed E-state index contributed by atoms with van der Waals surface area (Å²) in [5.41, 5.74) is 2.88. The molecule has 34 heavy (non-hydrogen) atoms. The van der Waals surface area contributed by atoms with Gasteiger partial charge in [0, 0.05) is 16.5 Å². The first-order valence-electron chi connectivity index (χ1n) is 10.4. The molecule has 0 radical (unpaired) electrons. The predicted molar refractivity (Wildman–Crippen MR) is 126 cm³/mol. The number of amides is 2. The lowest BCUT2D eigenvalue weighted by molar-refractivity contribution is -0.123. The summed E-state index contributed by atoms with van der Waals surface area (Å²) in [5.74, 6) is -1.72. The summed E-state index contributed by atoms with van der Waals surface area (Å²) < 4.78 is 14.1.